The van der Waals surface area contributed by atoms with E-state index in [2.05, 4.69) is 27.0 Å². The predicted molar refractivity (Wildman–Crippen MR) is 128 cm³/mol. The molecule has 33 heavy (non-hydrogen) atoms. The first-order valence-corrected chi connectivity index (χ1v) is 11.7. The van der Waals surface area contributed by atoms with Crippen LogP contribution in [-0.4, -0.2) is 80.0 Å². The van der Waals surface area contributed by atoms with E-state index in [1.807, 2.05) is 32.1 Å². The third-order valence-corrected chi connectivity index (χ3v) is 6.19. The Morgan fingerprint density at radius 3 is 2.39 bits per heavy atom. The number of ether oxygens (including phenoxy) is 1. The van der Waals surface area contributed by atoms with Gasteiger partial charge < -0.3 is 20.3 Å². The number of hydrogen-bond acceptors (Lipinski definition) is 6. The van der Waals surface area contributed by atoms with Gasteiger partial charge in [-0.2, -0.15) is 0 Å². The highest BCUT2D eigenvalue weighted by molar-refractivity contribution is 5.99. The zero-order chi connectivity index (χ0) is 24.0. The Morgan fingerprint density at radius 2 is 1.85 bits per heavy atom. The van der Waals surface area contributed by atoms with Gasteiger partial charge >= 0.3 is 0 Å². The first-order chi connectivity index (χ1) is 15.8. The summed E-state index contributed by atoms with van der Waals surface area (Å²) < 4.78 is 5.31. The third kappa shape index (κ3) is 6.65. The summed E-state index contributed by atoms with van der Waals surface area (Å²) in [7, 11) is 0. The normalized spacial score (nSPS) is 22.3. The summed E-state index contributed by atoms with van der Waals surface area (Å²) in [4.78, 5) is 42.4. The number of carbonyl (C=O) groups excluding carboxylic acids is 3. The smallest absolute Gasteiger partial charge is 0.251 e. The molecule has 2 amide bonds. The molecule has 0 bridgehead atoms. The molecule has 3 rings (SSSR count). The van der Waals surface area contributed by atoms with Gasteiger partial charge in [-0.05, 0) is 43.5 Å². The summed E-state index contributed by atoms with van der Waals surface area (Å²) in [5.41, 5.74) is 1.58. The number of anilines is 1. The van der Waals surface area contributed by atoms with E-state index < -0.39 is 12.1 Å². The molecule has 8 heteroatoms. The minimum atomic E-state index is -0.726. The lowest BCUT2D eigenvalue weighted by Crippen LogP contribution is -2.53. The quantitative estimate of drug-likeness (QED) is 0.549. The van der Waals surface area contributed by atoms with Crippen LogP contribution in [0.25, 0.3) is 0 Å². The molecule has 2 aliphatic heterocycles. The lowest BCUT2D eigenvalue weighted by atomic mass is 10.0. The average molecular weight is 457 g/mol. The van der Waals surface area contributed by atoms with Gasteiger partial charge in [-0.3, -0.25) is 19.3 Å². The molecular weight excluding hydrogens is 420 g/mol. The van der Waals surface area contributed by atoms with Gasteiger partial charge in [0.15, 0.2) is 5.78 Å². The number of nitrogens with one attached hydrogen (secondary N) is 2. The molecule has 180 valence electrons. The van der Waals surface area contributed by atoms with Crippen molar-refractivity contribution in [3.05, 3.63) is 42.5 Å². The molecule has 0 aromatic heterocycles. The Labute approximate surface area is 196 Å². The molecule has 0 radical (unpaired) electrons. The van der Waals surface area contributed by atoms with E-state index in [-0.39, 0.29) is 36.2 Å². The van der Waals surface area contributed by atoms with E-state index in [0.29, 0.717) is 12.0 Å². The zero-order valence-electron chi connectivity index (χ0n) is 19.9. The fourth-order valence-corrected chi connectivity index (χ4v) is 4.25. The van der Waals surface area contributed by atoms with Crippen molar-refractivity contribution >= 4 is 23.3 Å². The van der Waals surface area contributed by atoms with Crippen molar-refractivity contribution in [2.24, 2.45) is 5.92 Å². The Morgan fingerprint density at radius 1 is 1.18 bits per heavy atom. The molecule has 0 saturated carbocycles. The highest BCUT2D eigenvalue weighted by Crippen LogP contribution is 2.18. The first-order valence-electron chi connectivity index (χ1n) is 11.7. The summed E-state index contributed by atoms with van der Waals surface area (Å²) in [5, 5.41) is 5.61. The second-order valence-corrected chi connectivity index (χ2v) is 9.25. The van der Waals surface area contributed by atoms with Crippen molar-refractivity contribution in [1.29, 1.82) is 0 Å². The maximum Gasteiger partial charge on any atom is 0.251 e. The Hall–Kier alpha value is -2.71. The highest BCUT2D eigenvalue weighted by atomic mass is 16.5. The van der Waals surface area contributed by atoms with Crippen LogP contribution in [0.15, 0.2) is 36.9 Å². The van der Waals surface area contributed by atoms with E-state index in [9.17, 15) is 14.4 Å². The van der Waals surface area contributed by atoms with E-state index in [4.69, 9.17) is 4.74 Å². The van der Waals surface area contributed by atoms with Crippen LogP contribution in [0.4, 0.5) is 5.69 Å². The molecule has 2 heterocycles. The maximum absolute atomic E-state index is 12.9. The SMILES string of the molecule is C=CCN1CCN(c2ccc(C(=O)NC(CC(C)C)C(=O)N[C@@H]3C(=O)CO[C@@H]3C)cc2)CC1. The van der Waals surface area contributed by atoms with Crippen LogP contribution in [0.5, 0.6) is 0 Å². The number of nitrogens with zero attached hydrogens (tertiary/aromatic N) is 2. The number of piperazine rings is 1. The fraction of sp³-hybridized carbons (Fsp3) is 0.560. The van der Waals surface area contributed by atoms with E-state index in [1.165, 1.54) is 0 Å². The van der Waals surface area contributed by atoms with Gasteiger partial charge in [-0.15, -0.1) is 6.58 Å². The molecule has 2 fully saturated rings. The van der Waals surface area contributed by atoms with Gasteiger partial charge in [-0.1, -0.05) is 19.9 Å². The van der Waals surface area contributed by atoms with E-state index in [1.54, 1.807) is 19.1 Å². The average Bonchev–Trinajstić information content (AvgIpc) is 3.11. The zero-order valence-corrected chi connectivity index (χ0v) is 19.9. The van der Waals surface area contributed by atoms with Crippen LogP contribution >= 0.6 is 0 Å². The number of carbonyl (C=O) groups is 3. The number of benzene rings is 1. The second kappa shape index (κ2) is 11.4. The van der Waals surface area contributed by atoms with Crippen molar-refractivity contribution in [3.63, 3.8) is 0 Å². The van der Waals surface area contributed by atoms with Crippen LogP contribution in [0.1, 0.15) is 37.6 Å². The largest absolute Gasteiger partial charge is 0.369 e. The predicted octanol–water partition coefficient (Wildman–Crippen LogP) is 1.61. The van der Waals surface area contributed by atoms with Gasteiger partial charge in [0, 0.05) is 44.0 Å². The van der Waals surface area contributed by atoms with E-state index in [0.717, 1.165) is 38.4 Å². The Kier molecular flexibility index (Phi) is 8.63. The van der Waals surface area contributed by atoms with Crippen molar-refractivity contribution in [3.8, 4) is 0 Å². The molecule has 1 aromatic carbocycles. The minimum Gasteiger partial charge on any atom is -0.369 e. The van der Waals surface area contributed by atoms with Gasteiger partial charge in [0.1, 0.15) is 18.7 Å². The lowest BCUT2D eigenvalue weighted by molar-refractivity contribution is -0.127. The monoisotopic (exact) mass is 456 g/mol. The van der Waals surface area contributed by atoms with Gasteiger partial charge in [-0.25, -0.2) is 0 Å². The van der Waals surface area contributed by atoms with Crippen molar-refractivity contribution in [1.82, 2.24) is 15.5 Å². The van der Waals surface area contributed by atoms with Gasteiger partial charge in [0.05, 0.1) is 6.10 Å². The van der Waals surface area contributed by atoms with Crippen LogP contribution in [0.3, 0.4) is 0 Å². The standard InChI is InChI=1S/C25H36N4O4/c1-5-10-28-11-13-29(14-12-28)20-8-6-19(7-9-20)24(31)26-21(15-17(2)3)25(32)27-23-18(4)33-16-22(23)30/h5-9,17-18,21,23H,1,10-16H2,2-4H3,(H,26,31)(H,27,32)/t18-,21?,23+/m1/s1. The molecule has 0 spiro atoms. The number of Topliss-reactive ketones (excluding diaryl/α,β-unsaturated/α-hetero) is 1. The summed E-state index contributed by atoms with van der Waals surface area (Å²) in [6, 6.07) is 6.09. The fourth-order valence-electron chi connectivity index (χ4n) is 4.25. The van der Waals surface area contributed by atoms with Crippen LogP contribution in [-0.2, 0) is 14.3 Å². The summed E-state index contributed by atoms with van der Waals surface area (Å²) in [6.45, 7) is 14.3. The Balaban J connectivity index is 1.60. The molecule has 0 aliphatic carbocycles. The van der Waals surface area contributed by atoms with Crippen molar-refractivity contribution < 1.29 is 19.1 Å². The molecule has 2 saturated heterocycles. The van der Waals surface area contributed by atoms with Crippen LogP contribution < -0.4 is 15.5 Å². The van der Waals surface area contributed by atoms with Crippen LogP contribution in [0, 0.1) is 5.92 Å². The first kappa shape index (κ1) is 24.9. The molecule has 3 atom stereocenters. The number of ketones is 1. The number of rotatable bonds is 9. The Bertz CT molecular complexity index is 846. The van der Waals surface area contributed by atoms with Crippen molar-refractivity contribution in [2.45, 2.75) is 45.4 Å². The summed E-state index contributed by atoms with van der Waals surface area (Å²) in [6.07, 6.45) is 2.03. The maximum atomic E-state index is 12.9. The van der Waals surface area contributed by atoms with Gasteiger partial charge in [0.2, 0.25) is 5.91 Å². The molecule has 2 N–H and O–H groups in total. The summed E-state index contributed by atoms with van der Waals surface area (Å²) >= 11 is 0. The second-order valence-electron chi connectivity index (χ2n) is 9.25. The van der Waals surface area contributed by atoms with Crippen LogP contribution in [0.2, 0.25) is 0 Å². The van der Waals surface area contributed by atoms with Crippen molar-refractivity contribution in [2.75, 3.05) is 44.2 Å². The molecule has 2 aliphatic rings. The highest BCUT2D eigenvalue weighted by Gasteiger charge is 2.35. The molecule has 8 nitrogen and oxygen atoms in total. The summed E-state index contributed by atoms with van der Waals surface area (Å²) in [5.74, 6) is -0.621. The molecule has 1 aromatic rings. The van der Waals surface area contributed by atoms with E-state index >= 15 is 0 Å². The molecular formula is C25H36N4O4. The third-order valence-electron chi connectivity index (χ3n) is 6.19. The molecule has 1 unspecified atom stereocenters. The van der Waals surface area contributed by atoms with Gasteiger partial charge in [0.25, 0.3) is 5.91 Å². The topological polar surface area (TPSA) is 91.0 Å². The lowest BCUT2D eigenvalue weighted by Gasteiger charge is -2.35. The number of amides is 2. The number of hydrogen-bond donors (Lipinski definition) is 2. The minimum absolute atomic E-state index is 0.00295.